The molecule has 4 heterocycles. The summed E-state index contributed by atoms with van der Waals surface area (Å²) in [5.41, 5.74) is 2.70. The van der Waals surface area contributed by atoms with Crippen molar-refractivity contribution >= 4 is 33.2 Å². The summed E-state index contributed by atoms with van der Waals surface area (Å²) >= 11 is 1.40. The maximum Gasteiger partial charge on any atom is 0.263 e. The first-order valence-electron chi connectivity index (χ1n) is 9.53. The van der Waals surface area contributed by atoms with E-state index in [0.29, 0.717) is 22.4 Å². The average molecular weight is 418 g/mol. The lowest BCUT2D eigenvalue weighted by Gasteiger charge is -2.20. The molecule has 0 saturated heterocycles. The largest absolute Gasteiger partial charge is 0.467 e. The molecule has 4 aromatic rings. The molecule has 1 aliphatic rings. The molecule has 150 valence electrons. The van der Waals surface area contributed by atoms with Gasteiger partial charge in [0.15, 0.2) is 0 Å². The summed E-state index contributed by atoms with van der Waals surface area (Å²) in [5, 5.41) is 8.37. The minimum absolute atomic E-state index is 0.139. The molecule has 0 saturated carbocycles. The van der Waals surface area contributed by atoms with Crippen LogP contribution in [0.25, 0.3) is 10.2 Å². The smallest absolute Gasteiger partial charge is 0.263 e. The Hall–Kier alpha value is -3.52. The second-order valence-electron chi connectivity index (χ2n) is 7.20. The fraction of sp³-hybridized carbons (Fsp3) is 0.182. The molecule has 30 heavy (non-hydrogen) atoms. The van der Waals surface area contributed by atoms with Crippen molar-refractivity contribution in [3.63, 3.8) is 0 Å². The number of benzene rings is 1. The Morgan fingerprint density at radius 2 is 2.07 bits per heavy atom. The Morgan fingerprint density at radius 3 is 2.83 bits per heavy atom. The third-order valence-electron chi connectivity index (χ3n) is 5.18. The Kier molecular flexibility index (Phi) is 4.55. The normalized spacial score (nSPS) is 16.2. The summed E-state index contributed by atoms with van der Waals surface area (Å²) in [6.07, 6.45) is 3.54. The van der Waals surface area contributed by atoms with Gasteiger partial charge >= 0.3 is 0 Å². The number of fused-ring (bicyclic) bond motifs is 1. The van der Waals surface area contributed by atoms with Crippen LogP contribution in [-0.2, 0) is 11.3 Å². The van der Waals surface area contributed by atoms with Gasteiger partial charge in [-0.05, 0) is 36.1 Å². The molecule has 0 aliphatic carbocycles. The second-order valence-corrected chi connectivity index (χ2v) is 8.10. The number of aromatic nitrogens is 2. The number of hydrogen-bond donors (Lipinski definition) is 0. The minimum atomic E-state index is -0.350. The van der Waals surface area contributed by atoms with Crippen molar-refractivity contribution in [3.8, 4) is 0 Å². The molecule has 7 nitrogen and oxygen atoms in total. The van der Waals surface area contributed by atoms with E-state index in [-0.39, 0.29) is 24.1 Å². The number of furan rings is 1. The van der Waals surface area contributed by atoms with Gasteiger partial charge in [-0.2, -0.15) is 5.10 Å². The monoisotopic (exact) mass is 418 g/mol. The van der Waals surface area contributed by atoms with Crippen LogP contribution < -0.4 is 5.56 Å². The predicted molar refractivity (Wildman–Crippen MR) is 115 cm³/mol. The lowest BCUT2D eigenvalue weighted by molar-refractivity contribution is -0.134. The molecule has 5 rings (SSSR count). The number of rotatable bonds is 4. The molecule has 1 aromatic carbocycles. The number of carbonyl (C=O) groups is 1. The molecular weight excluding hydrogens is 400 g/mol. The van der Waals surface area contributed by atoms with Gasteiger partial charge in [0.05, 0.1) is 23.7 Å². The zero-order valence-corrected chi connectivity index (χ0v) is 17.0. The van der Waals surface area contributed by atoms with Gasteiger partial charge < -0.3 is 4.42 Å². The summed E-state index contributed by atoms with van der Waals surface area (Å²) < 4.78 is 6.90. The highest BCUT2D eigenvalue weighted by atomic mass is 32.1. The second kappa shape index (κ2) is 7.38. The number of thiophene rings is 1. The van der Waals surface area contributed by atoms with Crippen LogP contribution in [-0.4, -0.2) is 26.2 Å². The van der Waals surface area contributed by atoms with Gasteiger partial charge in [0.2, 0.25) is 0 Å². The van der Waals surface area contributed by atoms with Crippen LogP contribution in [0.4, 0.5) is 0 Å². The number of hydrazone groups is 1. The lowest BCUT2D eigenvalue weighted by Crippen LogP contribution is -2.33. The molecule has 1 aliphatic heterocycles. The fourth-order valence-corrected chi connectivity index (χ4v) is 4.31. The van der Waals surface area contributed by atoms with Crippen LogP contribution in [0, 0.1) is 6.92 Å². The summed E-state index contributed by atoms with van der Waals surface area (Å²) in [6.45, 7) is 1.89. The summed E-state index contributed by atoms with van der Waals surface area (Å²) in [4.78, 5) is 30.8. The highest BCUT2D eigenvalue weighted by molar-refractivity contribution is 7.16. The van der Waals surface area contributed by atoms with Crippen LogP contribution in [0.3, 0.4) is 0 Å². The predicted octanol–water partition coefficient (Wildman–Crippen LogP) is 3.74. The number of hydrogen-bond acceptors (Lipinski definition) is 6. The lowest BCUT2D eigenvalue weighted by atomic mass is 10.0. The quantitative estimate of drug-likeness (QED) is 0.506. The standard InChI is InChI=1S/C22H18N4O3S/c1-14-4-6-15(7-5-14)17-11-18(19-3-2-9-29-19)26(24-17)20(27)12-25-13-23-21-16(22(25)28)8-10-30-21/h2-10,13,18H,11-12H2,1H3. The fourth-order valence-electron chi connectivity index (χ4n) is 3.59. The van der Waals surface area contributed by atoms with Gasteiger partial charge in [0, 0.05) is 6.42 Å². The highest BCUT2D eigenvalue weighted by Crippen LogP contribution is 2.33. The minimum Gasteiger partial charge on any atom is -0.467 e. The SMILES string of the molecule is Cc1ccc(C2=NN(C(=O)Cn3cnc4sccc4c3=O)C(c3ccco3)C2)cc1. The van der Waals surface area contributed by atoms with Crippen molar-refractivity contribution in [2.45, 2.75) is 25.9 Å². The first-order valence-corrected chi connectivity index (χ1v) is 10.4. The first kappa shape index (κ1) is 18.5. The van der Waals surface area contributed by atoms with E-state index in [1.165, 1.54) is 27.2 Å². The van der Waals surface area contributed by atoms with Crippen LogP contribution in [0.5, 0.6) is 0 Å². The molecular formula is C22H18N4O3S. The Bertz CT molecular complexity index is 1300. The molecule has 8 heteroatoms. The summed E-state index contributed by atoms with van der Waals surface area (Å²) in [7, 11) is 0. The zero-order valence-electron chi connectivity index (χ0n) is 16.2. The van der Waals surface area contributed by atoms with Gasteiger partial charge in [-0.15, -0.1) is 11.3 Å². The molecule has 0 N–H and O–H groups in total. The van der Waals surface area contributed by atoms with E-state index in [1.54, 1.807) is 18.4 Å². The Balaban J connectivity index is 1.48. The maximum absolute atomic E-state index is 13.2. The van der Waals surface area contributed by atoms with Crippen LogP contribution in [0.15, 0.2) is 74.7 Å². The highest BCUT2D eigenvalue weighted by Gasteiger charge is 2.35. The number of amides is 1. The van der Waals surface area contributed by atoms with Crippen LogP contribution in [0.2, 0.25) is 0 Å². The average Bonchev–Trinajstić information content (AvgIpc) is 3.50. The van der Waals surface area contributed by atoms with E-state index in [4.69, 9.17) is 4.42 Å². The molecule has 1 unspecified atom stereocenters. The first-order chi connectivity index (χ1) is 14.6. The number of nitrogens with zero attached hydrogens (tertiary/aromatic N) is 4. The molecule has 1 atom stereocenters. The van der Waals surface area contributed by atoms with Crippen molar-refractivity contribution in [1.29, 1.82) is 0 Å². The van der Waals surface area contributed by atoms with E-state index in [0.717, 1.165) is 16.8 Å². The van der Waals surface area contributed by atoms with Crippen molar-refractivity contribution in [2.75, 3.05) is 0 Å². The van der Waals surface area contributed by atoms with E-state index in [1.807, 2.05) is 42.6 Å². The Morgan fingerprint density at radius 1 is 1.23 bits per heavy atom. The third-order valence-corrected chi connectivity index (χ3v) is 6.00. The zero-order chi connectivity index (χ0) is 20.7. The molecule has 1 amide bonds. The van der Waals surface area contributed by atoms with E-state index in [2.05, 4.69) is 10.1 Å². The van der Waals surface area contributed by atoms with Crippen LogP contribution in [0.1, 0.15) is 29.3 Å². The molecule has 0 bridgehead atoms. The third kappa shape index (κ3) is 3.25. The summed E-state index contributed by atoms with van der Waals surface area (Å²) in [6, 6.07) is 13.0. The molecule has 3 aromatic heterocycles. The molecule has 0 spiro atoms. The maximum atomic E-state index is 13.2. The topological polar surface area (TPSA) is 80.7 Å². The van der Waals surface area contributed by atoms with Gasteiger partial charge in [0.25, 0.3) is 11.5 Å². The molecule has 0 fully saturated rings. The van der Waals surface area contributed by atoms with Crippen molar-refractivity contribution in [3.05, 3.63) is 87.7 Å². The van der Waals surface area contributed by atoms with E-state index >= 15 is 0 Å². The van der Waals surface area contributed by atoms with Gasteiger partial charge in [-0.25, -0.2) is 9.99 Å². The summed E-state index contributed by atoms with van der Waals surface area (Å²) in [5.74, 6) is 0.366. The van der Waals surface area contributed by atoms with Crippen molar-refractivity contribution in [2.24, 2.45) is 5.10 Å². The number of carbonyl (C=O) groups excluding carboxylic acids is 1. The Labute approximate surface area is 175 Å². The van der Waals surface area contributed by atoms with E-state index in [9.17, 15) is 9.59 Å². The van der Waals surface area contributed by atoms with Crippen LogP contribution >= 0.6 is 11.3 Å². The molecule has 0 radical (unpaired) electrons. The van der Waals surface area contributed by atoms with Crippen molar-refractivity contribution in [1.82, 2.24) is 14.6 Å². The number of aryl methyl sites for hydroxylation is 1. The van der Waals surface area contributed by atoms with Gasteiger partial charge in [-0.1, -0.05) is 29.8 Å². The van der Waals surface area contributed by atoms with E-state index < -0.39 is 0 Å². The van der Waals surface area contributed by atoms with Gasteiger partial charge in [0.1, 0.15) is 23.2 Å². The van der Waals surface area contributed by atoms with Gasteiger partial charge in [-0.3, -0.25) is 14.2 Å². The van der Waals surface area contributed by atoms with Crippen molar-refractivity contribution < 1.29 is 9.21 Å².